The second-order valence-electron chi connectivity index (χ2n) is 4.23. The van der Waals surface area contributed by atoms with E-state index in [9.17, 15) is 0 Å². The van der Waals surface area contributed by atoms with Gasteiger partial charge in [-0.25, -0.2) is 0 Å². The smallest absolute Gasteiger partial charge is 0.174 e. The molecule has 1 N–H and O–H groups in total. The van der Waals surface area contributed by atoms with Gasteiger partial charge in [-0.2, -0.15) is 0 Å². The molecule has 5 nitrogen and oxygen atoms in total. The van der Waals surface area contributed by atoms with Gasteiger partial charge in [-0.05, 0) is 32.2 Å². The van der Waals surface area contributed by atoms with Crippen LogP contribution in [-0.4, -0.2) is 19.3 Å². The van der Waals surface area contributed by atoms with Crippen LogP contribution in [0.5, 0.6) is 11.5 Å². The lowest BCUT2D eigenvalue weighted by Crippen LogP contribution is -2.07. The summed E-state index contributed by atoms with van der Waals surface area (Å²) in [5.74, 6) is 2.33. The Morgan fingerprint density at radius 2 is 2.16 bits per heavy atom. The number of rotatable bonds is 6. The van der Waals surface area contributed by atoms with Crippen molar-refractivity contribution in [2.24, 2.45) is 0 Å². The van der Waals surface area contributed by atoms with Crippen LogP contribution in [0, 0.1) is 6.92 Å². The molecule has 1 heterocycles. The normalized spacial score (nSPS) is 10.5. The number of aromatic nitrogens is 1. The third-order valence-corrected chi connectivity index (χ3v) is 2.68. The lowest BCUT2D eigenvalue weighted by atomic mass is 10.2. The van der Waals surface area contributed by atoms with E-state index >= 15 is 0 Å². The van der Waals surface area contributed by atoms with Crippen LogP contribution >= 0.6 is 0 Å². The maximum Gasteiger partial charge on any atom is 0.174 e. The maximum atomic E-state index is 5.76. The Balaban J connectivity index is 2.10. The molecule has 1 aromatic heterocycles. The van der Waals surface area contributed by atoms with Gasteiger partial charge in [0, 0.05) is 18.2 Å². The first kappa shape index (κ1) is 13.4. The van der Waals surface area contributed by atoms with Crippen LogP contribution in [-0.2, 0) is 13.2 Å². The first-order valence-electron chi connectivity index (χ1n) is 6.09. The molecule has 1 aromatic carbocycles. The third kappa shape index (κ3) is 3.48. The van der Waals surface area contributed by atoms with E-state index in [1.54, 1.807) is 7.11 Å². The van der Waals surface area contributed by atoms with Gasteiger partial charge in [0.25, 0.3) is 0 Å². The highest BCUT2D eigenvalue weighted by Gasteiger charge is 2.07. The van der Waals surface area contributed by atoms with Gasteiger partial charge >= 0.3 is 0 Å². The van der Waals surface area contributed by atoms with Crippen molar-refractivity contribution in [3.63, 3.8) is 0 Å². The second-order valence-corrected chi connectivity index (χ2v) is 4.23. The average Bonchev–Trinajstić information content (AvgIpc) is 2.83. The summed E-state index contributed by atoms with van der Waals surface area (Å²) in [5.41, 5.74) is 1.89. The van der Waals surface area contributed by atoms with Crippen LogP contribution in [0.3, 0.4) is 0 Å². The summed E-state index contributed by atoms with van der Waals surface area (Å²) in [6, 6.07) is 7.59. The summed E-state index contributed by atoms with van der Waals surface area (Å²) in [7, 11) is 3.54. The Labute approximate surface area is 112 Å². The number of nitrogens with zero attached hydrogens (tertiary/aromatic N) is 1. The molecule has 2 aromatic rings. The third-order valence-electron chi connectivity index (χ3n) is 2.68. The van der Waals surface area contributed by atoms with Crippen molar-refractivity contribution in [2.45, 2.75) is 20.1 Å². The number of ether oxygens (including phenoxy) is 2. The summed E-state index contributed by atoms with van der Waals surface area (Å²) in [4.78, 5) is 0. The molecule has 0 unspecified atom stereocenters. The lowest BCUT2D eigenvalue weighted by molar-refractivity contribution is 0.246. The maximum absolute atomic E-state index is 5.76. The highest BCUT2D eigenvalue weighted by atomic mass is 16.5. The topological polar surface area (TPSA) is 56.5 Å². The number of methoxy groups -OCH3 is 1. The van der Waals surface area contributed by atoms with E-state index < -0.39 is 0 Å². The lowest BCUT2D eigenvalue weighted by Gasteiger charge is -2.11. The van der Waals surface area contributed by atoms with Gasteiger partial charge in [0.1, 0.15) is 18.1 Å². The Morgan fingerprint density at radius 3 is 2.79 bits per heavy atom. The largest absolute Gasteiger partial charge is 0.497 e. The molecule has 0 aliphatic carbocycles. The first-order chi connectivity index (χ1) is 9.22. The van der Waals surface area contributed by atoms with Gasteiger partial charge in [-0.1, -0.05) is 5.16 Å². The molecule has 19 heavy (non-hydrogen) atoms. The van der Waals surface area contributed by atoms with E-state index in [2.05, 4.69) is 10.5 Å². The summed E-state index contributed by atoms with van der Waals surface area (Å²) >= 11 is 0. The van der Waals surface area contributed by atoms with Crippen molar-refractivity contribution in [2.75, 3.05) is 14.2 Å². The summed E-state index contributed by atoms with van der Waals surface area (Å²) in [5, 5.41) is 6.93. The van der Waals surface area contributed by atoms with Crippen molar-refractivity contribution >= 4 is 0 Å². The first-order valence-corrected chi connectivity index (χ1v) is 6.09. The number of hydrogen-bond donors (Lipinski definition) is 1. The van der Waals surface area contributed by atoms with E-state index in [0.717, 1.165) is 22.8 Å². The van der Waals surface area contributed by atoms with E-state index in [1.807, 2.05) is 38.2 Å². The fourth-order valence-corrected chi connectivity index (χ4v) is 1.79. The standard InChI is InChI=1S/C14H18N2O3/c1-10-6-13(19-16-10)9-18-14-5-4-12(17-3)7-11(14)8-15-2/h4-7,15H,8-9H2,1-3H3. The zero-order valence-electron chi connectivity index (χ0n) is 11.4. The molecule has 0 aliphatic heterocycles. The molecule has 0 fully saturated rings. The van der Waals surface area contributed by atoms with Gasteiger partial charge in [0.05, 0.1) is 12.8 Å². The summed E-state index contributed by atoms with van der Waals surface area (Å²) < 4.78 is 16.1. The molecule has 0 spiro atoms. The molecule has 0 saturated carbocycles. The van der Waals surface area contributed by atoms with Crippen LogP contribution < -0.4 is 14.8 Å². The van der Waals surface area contributed by atoms with Crippen molar-refractivity contribution in [1.82, 2.24) is 10.5 Å². The molecule has 102 valence electrons. The summed E-state index contributed by atoms with van der Waals surface area (Å²) in [6.45, 7) is 2.96. The zero-order valence-corrected chi connectivity index (χ0v) is 11.4. The van der Waals surface area contributed by atoms with Crippen LogP contribution in [0.25, 0.3) is 0 Å². The van der Waals surface area contributed by atoms with E-state index in [-0.39, 0.29) is 0 Å². The Morgan fingerprint density at radius 1 is 1.32 bits per heavy atom. The monoisotopic (exact) mass is 262 g/mol. The number of hydrogen-bond acceptors (Lipinski definition) is 5. The Bertz CT molecular complexity index is 537. The molecule has 0 radical (unpaired) electrons. The number of benzene rings is 1. The van der Waals surface area contributed by atoms with Crippen LogP contribution in [0.15, 0.2) is 28.8 Å². The van der Waals surface area contributed by atoms with Gasteiger partial charge < -0.3 is 19.3 Å². The highest BCUT2D eigenvalue weighted by Crippen LogP contribution is 2.25. The van der Waals surface area contributed by atoms with Crippen LogP contribution in [0.1, 0.15) is 17.0 Å². The molecule has 0 aliphatic rings. The molecular formula is C14H18N2O3. The van der Waals surface area contributed by atoms with E-state index in [1.165, 1.54) is 0 Å². The van der Waals surface area contributed by atoms with Crippen LogP contribution in [0.2, 0.25) is 0 Å². The number of nitrogens with one attached hydrogen (secondary N) is 1. The number of aryl methyl sites for hydroxylation is 1. The van der Waals surface area contributed by atoms with Gasteiger partial charge in [-0.3, -0.25) is 0 Å². The predicted octanol–water partition coefficient (Wildman–Crippen LogP) is 2.29. The van der Waals surface area contributed by atoms with Crippen molar-refractivity contribution < 1.29 is 14.0 Å². The molecule has 5 heteroatoms. The predicted molar refractivity (Wildman–Crippen MR) is 71.3 cm³/mol. The molecular weight excluding hydrogens is 244 g/mol. The highest BCUT2D eigenvalue weighted by molar-refractivity contribution is 5.40. The molecule has 2 rings (SSSR count). The van der Waals surface area contributed by atoms with Gasteiger partial charge in [0.15, 0.2) is 5.76 Å². The molecule has 0 saturated heterocycles. The minimum atomic E-state index is 0.365. The Hall–Kier alpha value is -2.01. The zero-order chi connectivity index (χ0) is 13.7. The minimum Gasteiger partial charge on any atom is -0.497 e. The molecule has 0 bridgehead atoms. The SMILES string of the molecule is CNCc1cc(OC)ccc1OCc1cc(C)no1. The van der Waals surface area contributed by atoms with Gasteiger partial charge in [-0.15, -0.1) is 0 Å². The fourth-order valence-electron chi connectivity index (χ4n) is 1.79. The van der Waals surface area contributed by atoms with Crippen molar-refractivity contribution in [3.8, 4) is 11.5 Å². The van der Waals surface area contributed by atoms with Crippen molar-refractivity contribution in [1.29, 1.82) is 0 Å². The second kappa shape index (κ2) is 6.24. The van der Waals surface area contributed by atoms with E-state index in [4.69, 9.17) is 14.0 Å². The quantitative estimate of drug-likeness (QED) is 0.865. The Kier molecular flexibility index (Phi) is 4.41. The van der Waals surface area contributed by atoms with Gasteiger partial charge in [0.2, 0.25) is 0 Å². The molecule has 0 atom stereocenters. The minimum absolute atomic E-state index is 0.365. The fraction of sp³-hybridized carbons (Fsp3) is 0.357. The van der Waals surface area contributed by atoms with E-state index in [0.29, 0.717) is 18.9 Å². The molecule has 0 amide bonds. The van der Waals surface area contributed by atoms with Crippen LogP contribution in [0.4, 0.5) is 0 Å². The average molecular weight is 262 g/mol. The summed E-state index contributed by atoms with van der Waals surface area (Å²) in [6.07, 6.45) is 0. The van der Waals surface area contributed by atoms with Crippen molar-refractivity contribution in [3.05, 3.63) is 41.3 Å².